The molecule has 19 heavy (non-hydrogen) atoms. The summed E-state index contributed by atoms with van der Waals surface area (Å²) < 4.78 is 0. The largest absolute Gasteiger partial charge is 0.396 e. The van der Waals surface area contributed by atoms with Crippen molar-refractivity contribution in [3.05, 3.63) is 35.9 Å². The maximum atomic E-state index is 9.81. The minimum absolute atomic E-state index is 0.194. The summed E-state index contributed by atoms with van der Waals surface area (Å²) in [6, 6.07) is 12.1. The smallest absolute Gasteiger partial charge is 0.0502 e. The Kier molecular flexibility index (Phi) is 3.64. The molecule has 2 aliphatic heterocycles. The summed E-state index contributed by atoms with van der Waals surface area (Å²) in [7, 11) is 0. The first-order valence-electron chi connectivity index (χ1n) is 7.69. The zero-order valence-electron chi connectivity index (χ0n) is 11.9. The van der Waals surface area contributed by atoms with Gasteiger partial charge in [0, 0.05) is 24.0 Å². The van der Waals surface area contributed by atoms with Gasteiger partial charge in [0.05, 0.1) is 6.61 Å². The fourth-order valence-electron chi connectivity index (χ4n) is 4.32. The third kappa shape index (κ3) is 2.21. The molecule has 0 aromatic heterocycles. The van der Waals surface area contributed by atoms with Gasteiger partial charge in [-0.25, -0.2) is 0 Å². The van der Waals surface area contributed by atoms with Crippen molar-refractivity contribution in [2.45, 2.75) is 51.1 Å². The van der Waals surface area contributed by atoms with Crippen molar-refractivity contribution in [3.8, 4) is 0 Å². The molecule has 2 aliphatic rings. The van der Waals surface area contributed by atoms with Crippen LogP contribution in [0.15, 0.2) is 30.3 Å². The highest BCUT2D eigenvalue weighted by atomic mass is 16.3. The van der Waals surface area contributed by atoms with Gasteiger partial charge < -0.3 is 5.11 Å². The van der Waals surface area contributed by atoms with E-state index in [9.17, 15) is 5.11 Å². The summed E-state index contributed by atoms with van der Waals surface area (Å²) >= 11 is 0. The highest BCUT2D eigenvalue weighted by Gasteiger charge is 2.53. The van der Waals surface area contributed by atoms with Crippen molar-refractivity contribution in [3.63, 3.8) is 0 Å². The molecule has 2 heterocycles. The molecule has 2 nitrogen and oxygen atoms in total. The van der Waals surface area contributed by atoms with Crippen LogP contribution in [0.4, 0.5) is 0 Å². The van der Waals surface area contributed by atoms with E-state index in [1.165, 1.54) is 24.8 Å². The monoisotopic (exact) mass is 259 g/mol. The number of rotatable bonds is 5. The average Bonchev–Trinajstić information content (AvgIpc) is 3.01. The fraction of sp³-hybridized carbons (Fsp3) is 0.647. The lowest BCUT2D eigenvalue weighted by Crippen LogP contribution is -2.40. The molecule has 0 saturated carbocycles. The summed E-state index contributed by atoms with van der Waals surface area (Å²) in [5, 5.41) is 9.81. The van der Waals surface area contributed by atoms with E-state index in [0.717, 1.165) is 25.4 Å². The van der Waals surface area contributed by atoms with Gasteiger partial charge in [-0.3, -0.25) is 4.90 Å². The van der Waals surface area contributed by atoms with Crippen molar-refractivity contribution in [2.75, 3.05) is 13.2 Å². The lowest BCUT2D eigenvalue weighted by Gasteiger charge is -2.35. The lowest BCUT2D eigenvalue weighted by atomic mass is 9.72. The molecular formula is C17H25NO. The van der Waals surface area contributed by atoms with Gasteiger partial charge >= 0.3 is 0 Å². The molecule has 104 valence electrons. The molecule has 2 bridgehead atoms. The van der Waals surface area contributed by atoms with Crippen molar-refractivity contribution in [2.24, 2.45) is 5.41 Å². The zero-order chi connectivity index (χ0) is 13.3. The molecule has 0 amide bonds. The molecule has 0 unspecified atom stereocenters. The summed E-state index contributed by atoms with van der Waals surface area (Å²) in [5.41, 5.74) is 1.62. The van der Waals surface area contributed by atoms with Gasteiger partial charge in [-0.15, -0.1) is 0 Å². The molecule has 0 radical (unpaired) electrons. The minimum Gasteiger partial charge on any atom is -0.396 e. The van der Waals surface area contributed by atoms with Crippen molar-refractivity contribution in [1.82, 2.24) is 4.90 Å². The molecule has 3 rings (SSSR count). The second-order valence-corrected chi connectivity index (χ2v) is 6.30. The van der Waals surface area contributed by atoms with Crippen LogP contribution >= 0.6 is 0 Å². The molecule has 2 fully saturated rings. The van der Waals surface area contributed by atoms with Crippen molar-refractivity contribution in [1.29, 1.82) is 0 Å². The Morgan fingerprint density at radius 2 is 2.05 bits per heavy atom. The highest BCUT2D eigenvalue weighted by Crippen LogP contribution is 2.51. The van der Waals surface area contributed by atoms with Gasteiger partial charge in [-0.1, -0.05) is 37.3 Å². The third-order valence-electron chi connectivity index (χ3n) is 5.51. The maximum absolute atomic E-state index is 9.81. The molecule has 0 spiro atoms. The van der Waals surface area contributed by atoms with Crippen molar-refractivity contribution < 1.29 is 5.11 Å². The van der Waals surface area contributed by atoms with E-state index in [1.54, 1.807) is 0 Å². The Labute approximate surface area is 116 Å². The molecule has 0 aliphatic carbocycles. The quantitative estimate of drug-likeness (QED) is 0.879. The van der Waals surface area contributed by atoms with Crippen LogP contribution in [-0.2, 0) is 6.42 Å². The molecule has 1 N–H and O–H groups in total. The van der Waals surface area contributed by atoms with Gasteiger partial charge in [0.2, 0.25) is 0 Å². The molecule has 2 saturated heterocycles. The first kappa shape index (κ1) is 13.1. The van der Waals surface area contributed by atoms with Crippen LogP contribution in [0.5, 0.6) is 0 Å². The Morgan fingerprint density at radius 1 is 1.26 bits per heavy atom. The molecule has 2 heteroatoms. The molecule has 3 atom stereocenters. The second-order valence-electron chi connectivity index (χ2n) is 6.30. The first-order valence-corrected chi connectivity index (χ1v) is 7.69. The van der Waals surface area contributed by atoms with E-state index in [2.05, 4.69) is 42.2 Å². The van der Waals surface area contributed by atoms with Crippen LogP contribution < -0.4 is 0 Å². The first-order chi connectivity index (χ1) is 9.29. The number of hydrogen-bond acceptors (Lipinski definition) is 2. The van der Waals surface area contributed by atoms with E-state index in [-0.39, 0.29) is 5.41 Å². The summed E-state index contributed by atoms with van der Waals surface area (Å²) in [6.07, 6.45) is 6.08. The van der Waals surface area contributed by atoms with Crippen LogP contribution in [0.2, 0.25) is 0 Å². The number of aliphatic hydroxyl groups is 1. The number of hydrogen-bond donors (Lipinski definition) is 1. The number of nitrogens with zero attached hydrogens (tertiary/aromatic N) is 1. The molecule has 1 aromatic carbocycles. The van der Waals surface area contributed by atoms with Crippen LogP contribution in [-0.4, -0.2) is 35.2 Å². The topological polar surface area (TPSA) is 23.5 Å². The highest BCUT2D eigenvalue weighted by molar-refractivity contribution is 5.16. The summed E-state index contributed by atoms with van der Waals surface area (Å²) in [5.74, 6) is 0. The van der Waals surface area contributed by atoms with E-state index < -0.39 is 0 Å². The van der Waals surface area contributed by atoms with Gasteiger partial charge in [-0.2, -0.15) is 0 Å². The van der Waals surface area contributed by atoms with Gasteiger partial charge in [0.25, 0.3) is 0 Å². The summed E-state index contributed by atoms with van der Waals surface area (Å²) in [4.78, 5) is 2.69. The predicted molar refractivity (Wildman–Crippen MR) is 78.1 cm³/mol. The van der Waals surface area contributed by atoms with Crippen LogP contribution in [0, 0.1) is 5.41 Å². The number of benzene rings is 1. The van der Waals surface area contributed by atoms with Crippen molar-refractivity contribution >= 4 is 0 Å². The molecule has 1 aromatic rings. The third-order valence-corrected chi connectivity index (χ3v) is 5.51. The van der Waals surface area contributed by atoms with Crippen LogP contribution in [0.3, 0.4) is 0 Å². The minimum atomic E-state index is 0.194. The maximum Gasteiger partial charge on any atom is 0.0502 e. The standard InChI is InChI=1S/C17H25NO/c1-2-17(13-19)12-15-8-9-16(17)18(15)11-10-14-6-4-3-5-7-14/h3-7,15-16,19H,2,8-13H2,1H3/t15-,16+,17-/m0/s1. The fourth-order valence-corrected chi connectivity index (χ4v) is 4.32. The number of fused-ring (bicyclic) bond motifs is 2. The van der Waals surface area contributed by atoms with Crippen LogP contribution in [0.25, 0.3) is 0 Å². The second kappa shape index (κ2) is 5.26. The SMILES string of the molecule is CC[C@@]1(CO)C[C@@H]2CC[C@H]1N2CCc1ccccc1. The number of aliphatic hydroxyl groups excluding tert-OH is 1. The average molecular weight is 259 g/mol. The van der Waals surface area contributed by atoms with Gasteiger partial charge in [0.1, 0.15) is 0 Å². The van der Waals surface area contributed by atoms with E-state index in [0.29, 0.717) is 12.6 Å². The summed E-state index contributed by atoms with van der Waals surface area (Å²) in [6.45, 7) is 3.76. The Balaban J connectivity index is 1.67. The Hall–Kier alpha value is -0.860. The van der Waals surface area contributed by atoms with Gasteiger partial charge in [-0.05, 0) is 37.7 Å². The van der Waals surface area contributed by atoms with Crippen LogP contribution in [0.1, 0.15) is 38.2 Å². The zero-order valence-corrected chi connectivity index (χ0v) is 11.9. The Bertz CT molecular complexity index is 413. The van der Waals surface area contributed by atoms with E-state index in [1.807, 2.05) is 0 Å². The van der Waals surface area contributed by atoms with Gasteiger partial charge in [0.15, 0.2) is 0 Å². The lowest BCUT2D eigenvalue weighted by molar-refractivity contribution is 0.0733. The normalized spacial score (nSPS) is 34.0. The Morgan fingerprint density at radius 3 is 2.68 bits per heavy atom. The van der Waals surface area contributed by atoms with E-state index >= 15 is 0 Å². The predicted octanol–water partition coefficient (Wildman–Crippen LogP) is 2.85. The molecular weight excluding hydrogens is 234 g/mol. The van der Waals surface area contributed by atoms with E-state index in [4.69, 9.17) is 0 Å².